The van der Waals surface area contributed by atoms with E-state index in [1.807, 2.05) is 13.8 Å². The molecule has 0 aliphatic heterocycles. The molecule has 0 spiro atoms. The first-order valence-electron chi connectivity index (χ1n) is 4.54. The first-order chi connectivity index (χ1) is 6.77. The van der Waals surface area contributed by atoms with Crippen LogP contribution >= 0.6 is 0 Å². The summed E-state index contributed by atoms with van der Waals surface area (Å²) in [5.74, 6) is 1.63. The Morgan fingerprint density at radius 3 is 2.43 bits per heavy atom. The molecule has 14 heavy (non-hydrogen) atoms. The lowest BCUT2D eigenvalue weighted by Crippen LogP contribution is -1.99. The molecule has 0 aliphatic rings. The van der Waals surface area contributed by atoms with E-state index >= 15 is 0 Å². The van der Waals surface area contributed by atoms with Crippen LogP contribution in [-0.4, -0.2) is 23.2 Å². The van der Waals surface area contributed by atoms with Crippen molar-refractivity contribution in [1.29, 1.82) is 0 Å². The highest BCUT2D eigenvalue weighted by Gasteiger charge is 2.02. The highest BCUT2D eigenvalue weighted by Crippen LogP contribution is 2.11. The number of rotatable bonds is 5. The Hall–Kier alpha value is -1.58. The molecule has 0 fully saturated rings. The Labute approximate surface area is 83.6 Å². The van der Waals surface area contributed by atoms with Crippen LogP contribution in [0.2, 0.25) is 0 Å². The van der Waals surface area contributed by atoms with Gasteiger partial charge in [-0.3, -0.25) is 0 Å². The van der Waals surface area contributed by atoms with E-state index in [9.17, 15) is 0 Å². The van der Waals surface area contributed by atoms with Crippen molar-refractivity contribution >= 4 is 5.76 Å². The average Bonchev–Trinajstić information content (AvgIpc) is 2.20. The third-order valence-electron chi connectivity index (χ3n) is 1.51. The van der Waals surface area contributed by atoms with E-state index in [0.29, 0.717) is 30.5 Å². The summed E-state index contributed by atoms with van der Waals surface area (Å²) in [6.07, 6.45) is 3.21. The van der Waals surface area contributed by atoms with Crippen molar-refractivity contribution in [3.63, 3.8) is 0 Å². The van der Waals surface area contributed by atoms with Crippen LogP contribution < -0.4 is 4.74 Å². The lowest BCUT2D eigenvalue weighted by atomic mass is 10.5. The predicted octanol–water partition coefficient (Wildman–Crippen LogP) is 1.88. The third-order valence-corrected chi connectivity index (χ3v) is 1.51. The molecule has 0 saturated carbocycles. The minimum atomic E-state index is 0.482. The monoisotopic (exact) mass is 194 g/mol. The molecule has 0 radical (unpaired) electrons. The molecule has 4 nitrogen and oxygen atoms in total. The van der Waals surface area contributed by atoms with Crippen molar-refractivity contribution in [3.05, 3.63) is 24.8 Å². The van der Waals surface area contributed by atoms with Crippen LogP contribution in [-0.2, 0) is 4.74 Å². The first kappa shape index (κ1) is 10.5. The Bertz CT molecular complexity index is 295. The van der Waals surface area contributed by atoms with Gasteiger partial charge < -0.3 is 9.47 Å². The summed E-state index contributed by atoms with van der Waals surface area (Å²) >= 11 is 0. The first-order valence-corrected chi connectivity index (χ1v) is 4.54. The predicted molar refractivity (Wildman–Crippen MR) is 53.9 cm³/mol. The molecule has 0 bridgehead atoms. The third kappa shape index (κ3) is 2.73. The maximum absolute atomic E-state index is 5.21. The van der Waals surface area contributed by atoms with E-state index in [4.69, 9.17) is 9.47 Å². The van der Waals surface area contributed by atoms with Crippen molar-refractivity contribution < 1.29 is 9.47 Å². The van der Waals surface area contributed by atoms with Gasteiger partial charge in [-0.1, -0.05) is 6.58 Å². The topological polar surface area (TPSA) is 44.2 Å². The van der Waals surface area contributed by atoms with Gasteiger partial charge in [0.25, 0.3) is 0 Å². The van der Waals surface area contributed by atoms with E-state index in [1.165, 1.54) is 0 Å². The lowest BCUT2D eigenvalue weighted by molar-refractivity contribution is 0.295. The molecular formula is C10H14N2O2. The Morgan fingerprint density at radius 1 is 1.29 bits per heavy atom. The summed E-state index contributed by atoms with van der Waals surface area (Å²) in [5.41, 5.74) is 0. The summed E-state index contributed by atoms with van der Waals surface area (Å²) in [6.45, 7) is 8.67. The van der Waals surface area contributed by atoms with Crippen LogP contribution in [0.5, 0.6) is 5.75 Å². The van der Waals surface area contributed by atoms with Crippen molar-refractivity contribution in [3.8, 4) is 5.75 Å². The van der Waals surface area contributed by atoms with Crippen molar-refractivity contribution in [2.45, 2.75) is 13.8 Å². The molecule has 1 rings (SSSR count). The second-order valence-corrected chi connectivity index (χ2v) is 2.53. The molecular weight excluding hydrogens is 180 g/mol. The van der Waals surface area contributed by atoms with Crippen molar-refractivity contribution in [2.24, 2.45) is 0 Å². The molecule has 1 heterocycles. The molecule has 0 amide bonds. The van der Waals surface area contributed by atoms with Gasteiger partial charge in [0.1, 0.15) is 0 Å². The van der Waals surface area contributed by atoms with Gasteiger partial charge in [-0.2, -0.15) is 0 Å². The molecule has 0 N–H and O–H groups in total. The highest BCUT2D eigenvalue weighted by molar-refractivity contribution is 5.49. The molecule has 0 atom stereocenters. The van der Waals surface area contributed by atoms with Crippen LogP contribution in [0.4, 0.5) is 0 Å². The Kier molecular flexibility index (Phi) is 3.91. The van der Waals surface area contributed by atoms with Crippen LogP contribution in [0.1, 0.15) is 19.7 Å². The fourth-order valence-electron chi connectivity index (χ4n) is 0.940. The normalized spacial score (nSPS) is 9.57. The quantitative estimate of drug-likeness (QED) is 0.671. The SMILES string of the molecule is C=C(OCC)c1ncc(OCC)cn1. The zero-order valence-electron chi connectivity index (χ0n) is 8.49. The van der Waals surface area contributed by atoms with Gasteiger partial charge in [-0.15, -0.1) is 0 Å². The van der Waals surface area contributed by atoms with E-state index < -0.39 is 0 Å². The fourth-order valence-corrected chi connectivity index (χ4v) is 0.940. The van der Waals surface area contributed by atoms with Gasteiger partial charge in [-0.25, -0.2) is 9.97 Å². The molecule has 0 aliphatic carbocycles. The van der Waals surface area contributed by atoms with Crippen molar-refractivity contribution in [2.75, 3.05) is 13.2 Å². The van der Waals surface area contributed by atoms with Gasteiger partial charge in [0.2, 0.25) is 0 Å². The van der Waals surface area contributed by atoms with E-state index in [0.717, 1.165) is 0 Å². The number of hydrogen-bond donors (Lipinski definition) is 0. The maximum atomic E-state index is 5.21. The number of aromatic nitrogens is 2. The van der Waals surface area contributed by atoms with E-state index in [2.05, 4.69) is 16.5 Å². The van der Waals surface area contributed by atoms with Gasteiger partial charge in [0, 0.05) is 0 Å². The largest absolute Gasteiger partial charge is 0.491 e. The zero-order chi connectivity index (χ0) is 10.4. The molecule has 1 aromatic heterocycles. The second kappa shape index (κ2) is 5.21. The summed E-state index contributed by atoms with van der Waals surface area (Å²) in [4.78, 5) is 8.11. The highest BCUT2D eigenvalue weighted by atomic mass is 16.5. The molecule has 0 unspecified atom stereocenters. The van der Waals surface area contributed by atoms with Crippen LogP contribution in [0.25, 0.3) is 5.76 Å². The summed E-state index contributed by atoms with van der Waals surface area (Å²) in [7, 11) is 0. The van der Waals surface area contributed by atoms with E-state index in [-0.39, 0.29) is 0 Å². The maximum Gasteiger partial charge on any atom is 0.194 e. The minimum absolute atomic E-state index is 0.482. The zero-order valence-corrected chi connectivity index (χ0v) is 8.49. The molecule has 0 saturated heterocycles. The Balaban J connectivity index is 2.67. The average molecular weight is 194 g/mol. The fraction of sp³-hybridized carbons (Fsp3) is 0.400. The lowest BCUT2D eigenvalue weighted by Gasteiger charge is -2.05. The molecule has 76 valence electrons. The second-order valence-electron chi connectivity index (χ2n) is 2.53. The summed E-state index contributed by atoms with van der Waals surface area (Å²) < 4.78 is 10.4. The van der Waals surface area contributed by atoms with E-state index in [1.54, 1.807) is 12.4 Å². The van der Waals surface area contributed by atoms with Crippen LogP contribution in [0.15, 0.2) is 19.0 Å². The van der Waals surface area contributed by atoms with Crippen molar-refractivity contribution in [1.82, 2.24) is 9.97 Å². The van der Waals surface area contributed by atoms with Gasteiger partial charge in [0.05, 0.1) is 25.6 Å². The van der Waals surface area contributed by atoms with Crippen LogP contribution in [0.3, 0.4) is 0 Å². The molecule has 4 heteroatoms. The van der Waals surface area contributed by atoms with Gasteiger partial charge in [-0.05, 0) is 13.8 Å². The smallest absolute Gasteiger partial charge is 0.194 e. The number of hydrogen-bond acceptors (Lipinski definition) is 4. The number of nitrogens with zero attached hydrogens (tertiary/aromatic N) is 2. The van der Waals surface area contributed by atoms with Crippen LogP contribution in [0, 0.1) is 0 Å². The Morgan fingerprint density at radius 2 is 1.93 bits per heavy atom. The standard InChI is InChI=1S/C10H14N2O2/c1-4-13-8(3)10-11-6-9(7-12-10)14-5-2/h6-7H,3-5H2,1-2H3. The van der Waals surface area contributed by atoms with Gasteiger partial charge >= 0.3 is 0 Å². The molecule has 1 aromatic rings. The summed E-state index contributed by atoms with van der Waals surface area (Å²) in [6, 6.07) is 0. The summed E-state index contributed by atoms with van der Waals surface area (Å²) in [5, 5.41) is 0. The molecule has 0 aromatic carbocycles. The number of ether oxygens (including phenoxy) is 2. The minimum Gasteiger partial charge on any atom is -0.491 e. The van der Waals surface area contributed by atoms with Gasteiger partial charge in [0.15, 0.2) is 17.3 Å².